The number of nitrogens with zero attached hydrogens (tertiary/aromatic N) is 3. The highest BCUT2D eigenvalue weighted by Crippen LogP contribution is 2.37. The smallest absolute Gasteiger partial charge is 0.300 e. The molecule has 0 bridgehead atoms. The number of aromatic nitrogens is 2. The van der Waals surface area contributed by atoms with Crippen LogP contribution in [0.15, 0.2) is 18.2 Å². The molecule has 1 unspecified atom stereocenters. The maximum atomic E-state index is 13.5. The van der Waals surface area contributed by atoms with E-state index >= 15 is 0 Å². The van der Waals surface area contributed by atoms with Crippen LogP contribution in [0.3, 0.4) is 0 Å². The van der Waals surface area contributed by atoms with E-state index in [1.165, 1.54) is 43.5 Å². The second kappa shape index (κ2) is 6.90. The lowest BCUT2D eigenvalue weighted by molar-refractivity contribution is -0.142. The van der Waals surface area contributed by atoms with Crippen LogP contribution in [0.25, 0.3) is 5.69 Å². The van der Waals surface area contributed by atoms with Gasteiger partial charge in [-0.25, -0.2) is 4.68 Å². The molecule has 1 saturated heterocycles. The molecule has 1 aliphatic heterocycles. The number of alkyl halides is 3. The molecule has 0 radical (unpaired) electrons. The molecule has 1 atom stereocenters. The van der Waals surface area contributed by atoms with Gasteiger partial charge in [0.25, 0.3) is 0 Å². The summed E-state index contributed by atoms with van der Waals surface area (Å²) in [6.45, 7) is 2.35. The second-order valence-corrected chi connectivity index (χ2v) is 8.50. The third kappa shape index (κ3) is 3.15. The van der Waals surface area contributed by atoms with Gasteiger partial charge >= 0.3 is 6.18 Å². The van der Waals surface area contributed by atoms with E-state index in [-0.39, 0.29) is 0 Å². The number of benzene rings is 1. The Morgan fingerprint density at radius 1 is 0.893 bits per heavy atom. The maximum absolute atomic E-state index is 13.5. The van der Waals surface area contributed by atoms with Crippen molar-refractivity contribution in [2.24, 2.45) is 0 Å². The molecule has 0 saturated carbocycles. The highest BCUT2D eigenvalue weighted by Gasteiger charge is 2.40. The topological polar surface area (TPSA) is 21.1 Å². The summed E-state index contributed by atoms with van der Waals surface area (Å²) in [6, 6.07) is 6.70. The molecule has 0 amide bonds. The van der Waals surface area contributed by atoms with E-state index in [9.17, 15) is 13.2 Å². The number of hydrogen-bond donors (Lipinski definition) is 0. The third-order valence-corrected chi connectivity index (χ3v) is 6.70. The van der Waals surface area contributed by atoms with Gasteiger partial charge < -0.3 is 0 Å². The van der Waals surface area contributed by atoms with Crippen LogP contribution in [0, 0.1) is 0 Å². The van der Waals surface area contributed by atoms with Crippen LogP contribution in [-0.4, -0.2) is 33.8 Å². The Morgan fingerprint density at radius 3 is 2.43 bits per heavy atom. The van der Waals surface area contributed by atoms with E-state index in [1.54, 1.807) is 4.68 Å². The largest absolute Gasteiger partial charge is 0.435 e. The van der Waals surface area contributed by atoms with Crippen molar-refractivity contribution in [3.8, 4) is 5.69 Å². The fourth-order valence-electron chi connectivity index (χ4n) is 5.30. The lowest BCUT2D eigenvalue weighted by Gasteiger charge is -2.32. The Hall–Kier alpha value is -1.82. The van der Waals surface area contributed by atoms with Gasteiger partial charge in [-0.2, -0.15) is 18.3 Å². The summed E-state index contributed by atoms with van der Waals surface area (Å²) in [4.78, 5) is 2.60. The maximum Gasteiger partial charge on any atom is 0.435 e. The highest BCUT2D eigenvalue weighted by molar-refractivity contribution is 5.46. The lowest BCUT2D eigenvalue weighted by Crippen LogP contribution is -2.39. The lowest BCUT2D eigenvalue weighted by atomic mass is 9.95. The van der Waals surface area contributed by atoms with Crippen LogP contribution >= 0.6 is 0 Å². The first-order valence-corrected chi connectivity index (χ1v) is 10.5. The summed E-state index contributed by atoms with van der Waals surface area (Å²) >= 11 is 0. The zero-order valence-electron chi connectivity index (χ0n) is 16.1. The number of halogens is 3. The Balaban J connectivity index is 1.47. The first-order valence-electron chi connectivity index (χ1n) is 10.5. The Labute approximate surface area is 163 Å². The van der Waals surface area contributed by atoms with Gasteiger partial charge in [-0.15, -0.1) is 0 Å². The number of hydrogen-bond acceptors (Lipinski definition) is 2. The van der Waals surface area contributed by atoms with Crippen molar-refractivity contribution in [2.75, 3.05) is 13.1 Å². The molecule has 1 fully saturated rings. The molecule has 2 aromatic rings. The Bertz CT molecular complexity index is 878. The first kappa shape index (κ1) is 18.2. The van der Waals surface area contributed by atoms with E-state index in [4.69, 9.17) is 0 Å². The van der Waals surface area contributed by atoms with Gasteiger partial charge in [0.15, 0.2) is 5.69 Å². The monoisotopic (exact) mass is 389 g/mol. The minimum absolute atomic E-state index is 0.408. The third-order valence-electron chi connectivity index (χ3n) is 6.70. The normalized spacial score (nSPS) is 22.9. The first-order chi connectivity index (χ1) is 13.5. The molecule has 1 aromatic heterocycles. The Morgan fingerprint density at radius 2 is 1.64 bits per heavy atom. The number of likely N-dealkylation sites (tertiary alicyclic amines) is 1. The molecule has 28 heavy (non-hydrogen) atoms. The van der Waals surface area contributed by atoms with Crippen LogP contribution in [0.2, 0.25) is 0 Å². The SMILES string of the molecule is FC(F)(F)c1nn(-c2ccc3c(c2)CC(N2CCCCC2)C3)c2c1CCCC2. The summed E-state index contributed by atoms with van der Waals surface area (Å²) < 4.78 is 42.1. The molecule has 5 rings (SSSR count). The zero-order valence-corrected chi connectivity index (χ0v) is 16.1. The summed E-state index contributed by atoms with van der Waals surface area (Å²) in [5, 5.41) is 4.05. The quantitative estimate of drug-likeness (QED) is 0.741. The van der Waals surface area contributed by atoms with Gasteiger partial charge in [-0.05, 0) is 87.7 Å². The number of piperidine rings is 1. The fourth-order valence-corrected chi connectivity index (χ4v) is 5.30. The van der Waals surface area contributed by atoms with Crippen LogP contribution in [-0.2, 0) is 31.9 Å². The molecular formula is C22H26F3N3. The van der Waals surface area contributed by atoms with Gasteiger partial charge in [-0.3, -0.25) is 4.90 Å². The van der Waals surface area contributed by atoms with E-state index in [2.05, 4.69) is 22.1 Å². The van der Waals surface area contributed by atoms with Crippen molar-refractivity contribution >= 4 is 0 Å². The minimum Gasteiger partial charge on any atom is -0.300 e. The molecule has 6 heteroatoms. The van der Waals surface area contributed by atoms with Crippen molar-refractivity contribution in [1.29, 1.82) is 0 Å². The minimum atomic E-state index is -4.39. The molecule has 150 valence electrons. The van der Waals surface area contributed by atoms with Crippen LogP contribution in [0.4, 0.5) is 13.2 Å². The summed E-state index contributed by atoms with van der Waals surface area (Å²) in [5.41, 5.74) is 3.88. The van der Waals surface area contributed by atoms with Crippen molar-refractivity contribution in [3.63, 3.8) is 0 Å². The molecule has 3 aliphatic rings. The van der Waals surface area contributed by atoms with Gasteiger partial charge in [0.2, 0.25) is 0 Å². The van der Waals surface area contributed by atoms with E-state index in [0.29, 0.717) is 24.4 Å². The van der Waals surface area contributed by atoms with E-state index in [0.717, 1.165) is 37.1 Å². The summed E-state index contributed by atoms with van der Waals surface area (Å²) in [7, 11) is 0. The Kier molecular flexibility index (Phi) is 4.49. The van der Waals surface area contributed by atoms with Crippen molar-refractivity contribution < 1.29 is 13.2 Å². The molecule has 0 spiro atoms. The summed E-state index contributed by atoms with van der Waals surface area (Å²) in [5.74, 6) is 0. The predicted molar refractivity (Wildman–Crippen MR) is 102 cm³/mol. The standard InChI is InChI=1S/C22H26F3N3/c23-22(24,25)21-19-6-2-3-7-20(19)28(26-21)17-9-8-15-12-18(14-16(15)13-17)27-10-4-1-5-11-27/h8-9,13,18H,1-7,10-12,14H2. The zero-order chi connectivity index (χ0) is 19.3. The molecule has 1 aromatic carbocycles. The van der Waals surface area contributed by atoms with E-state index < -0.39 is 11.9 Å². The molecule has 3 nitrogen and oxygen atoms in total. The van der Waals surface area contributed by atoms with Gasteiger partial charge in [0, 0.05) is 17.3 Å². The molecule has 2 aliphatic carbocycles. The van der Waals surface area contributed by atoms with E-state index in [1.807, 2.05) is 6.07 Å². The highest BCUT2D eigenvalue weighted by atomic mass is 19.4. The van der Waals surface area contributed by atoms with Gasteiger partial charge in [-0.1, -0.05) is 12.5 Å². The van der Waals surface area contributed by atoms with Crippen LogP contribution in [0.1, 0.15) is 60.2 Å². The molecular weight excluding hydrogens is 363 g/mol. The number of rotatable bonds is 2. The van der Waals surface area contributed by atoms with Crippen LogP contribution in [0.5, 0.6) is 0 Å². The van der Waals surface area contributed by atoms with Gasteiger partial charge in [0.1, 0.15) is 0 Å². The predicted octanol–water partition coefficient (Wildman–Crippen LogP) is 4.72. The average molecular weight is 389 g/mol. The van der Waals surface area contributed by atoms with Crippen LogP contribution < -0.4 is 0 Å². The molecule has 2 heterocycles. The summed E-state index contributed by atoms with van der Waals surface area (Å²) in [6.07, 6.45) is 4.43. The average Bonchev–Trinajstić information content (AvgIpc) is 3.29. The fraction of sp³-hybridized carbons (Fsp3) is 0.591. The van der Waals surface area contributed by atoms with Crippen molar-refractivity contribution in [1.82, 2.24) is 14.7 Å². The van der Waals surface area contributed by atoms with Crippen molar-refractivity contribution in [3.05, 3.63) is 46.3 Å². The second-order valence-electron chi connectivity index (χ2n) is 8.50. The van der Waals surface area contributed by atoms with Crippen molar-refractivity contribution in [2.45, 2.75) is 70.0 Å². The van der Waals surface area contributed by atoms with Gasteiger partial charge in [0.05, 0.1) is 5.69 Å². The number of fused-ring (bicyclic) bond motifs is 2. The molecule has 0 N–H and O–H groups in total.